The number of nitrogens with one attached hydrogen (secondary N) is 2. The number of hydrogen-bond acceptors (Lipinski definition) is 4. The highest BCUT2D eigenvalue weighted by molar-refractivity contribution is 9.10. The molecule has 0 radical (unpaired) electrons. The van der Waals surface area contributed by atoms with Crippen molar-refractivity contribution in [3.63, 3.8) is 0 Å². The third-order valence-corrected chi connectivity index (χ3v) is 5.47. The summed E-state index contributed by atoms with van der Waals surface area (Å²) in [5.74, 6) is 0.0667. The number of rotatable bonds is 5. The maximum atomic E-state index is 12.6. The molecule has 0 bridgehead atoms. The molecule has 1 heterocycles. The van der Waals surface area contributed by atoms with Gasteiger partial charge in [-0.15, -0.1) is 0 Å². The number of methoxy groups -OCH3 is 1. The molecule has 1 aliphatic carbocycles. The normalized spacial score (nSPS) is 18.3. The molecule has 1 saturated heterocycles. The Kier molecular flexibility index (Phi) is 5.22. The van der Waals surface area contributed by atoms with E-state index >= 15 is 0 Å². The molecule has 8 heteroatoms. The molecule has 2 N–H and O–H groups in total. The molecule has 1 spiro atoms. The van der Waals surface area contributed by atoms with E-state index < -0.39 is 11.6 Å². The number of aryl methyl sites for hydroxylation is 1. The van der Waals surface area contributed by atoms with Crippen molar-refractivity contribution >= 4 is 39.5 Å². The van der Waals surface area contributed by atoms with Crippen molar-refractivity contribution in [2.24, 2.45) is 0 Å². The van der Waals surface area contributed by atoms with Crippen molar-refractivity contribution in [2.45, 2.75) is 44.6 Å². The zero-order valence-corrected chi connectivity index (χ0v) is 16.4. The molecule has 3 rings (SSSR count). The van der Waals surface area contributed by atoms with Crippen molar-refractivity contribution in [3.8, 4) is 5.75 Å². The minimum absolute atomic E-state index is 0.0356. The summed E-state index contributed by atoms with van der Waals surface area (Å²) in [4.78, 5) is 38.3. The van der Waals surface area contributed by atoms with E-state index in [1.807, 2.05) is 13.0 Å². The Morgan fingerprint density at radius 1 is 1.35 bits per heavy atom. The van der Waals surface area contributed by atoms with Crippen molar-refractivity contribution in [3.05, 3.63) is 22.2 Å². The number of nitrogens with zero attached hydrogens (tertiary/aromatic N) is 1. The van der Waals surface area contributed by atoms with E-state index in [0.29, 0.717) is 24.3 Å². The van der Waals surface area contributed by atoms with Crippen LogP contribution in [0.5, 0.6) is 5.75 Å². The summed E-state index contributed by atoms with van der Waals surface area (Å²) in [5, 5.41) is 5.63. The third-order valence-electron chi connectivity index (χ3n) is 5.01. The number of carbonyl (C=O) groups is 3. The van der Waals surface area contributed by atoms with E-state index in [1.165, 1.54) is 7.11 Å². The Morgan fingerprint density at radius 2 is 2.04 bits per heavy atom. The topological polar surface area (TPSA) is 87.7 Å². The Hall–Kier alpha value is -2.09. The fraction of sp³-hybridized carbons (Fsp3) is 0.500. The van der Waals surface area contributed by atoms with Crippen molar-refractivity contribution in [1.29, 1.82) is 0 Å². The second-order valence-corrected chi connectivity index (χ2v) is 7.69. The maximum absolute atomic E-state index is 12.6. The summed E-state index contributed by atoms with van der Waals surface area (Å²) < 4.78 is 6.16. The first kappa shape index (κ1) is 18.7. The molecule has 2 aliphatic rings. The smallest absolute Gasteiger partial charge is 0.325 e. The van der Waals surface area contributed by atoms with Gasteiger partial charge in [0, 0.05) is 17.4 Å². The van der Waals surface area contributed by atoms with Gasteiger partial charge in [0.2, 0.25) is 5.91 Å². The van der Waals surface area contributed by atoms with Crippen LogP contribution in [0.4, 0.5) is 10.5 Å². The van der Waals surface area contributed by atoms with E-state index in [2.05, 4.69) is 26.6 Å². The van der Waals surface area contributed by atoms with Crippen molar-refractivity contribution in [1.82, 2.24) is 10.2 Å². The van der Waals surface area contributed by atoms with Gasteiger partial charge in [-0.25, -0.2) is 4.79 Å². The van der Waals surface area contributed by atoms with Crippen LogP contribution in [0.3, 0.4) is 0 Å². The number of urea groups is 1. The number of amides is 4. The number of ether oxygens (including phenoxy) is 1. The number of anilines is 1. The first-order valence-electron chi connectivity index (χ1n) is 8.64. The van der Waals surface area contributed by atoms with Gasteiger partial charge in [0.05, 0.1) is 12.8 Å². The van der Waals surface area contributed by atoms with E-state index in [-0.39, 0.29) is 24.8 Å². The van der Waals surface area contributed by atoms with Gasteiger partial charge in [-0.3, -0.25) is 14.5 Å². The SMILES string of the molecule is COc1cc(Br)cc(C)c1NC(=O)CCN1C(=O)NC2(CCCC2)C1=O. The standard InChI is InChI=1S/C18H22BrN3O4/c1-11-9-12(19)10-13(26-2)15(11)20-14(23)5-8-22-16(24)18(21-17(22)25)6-3-4-7-18/h9-10H,3-8H2,1-2H3,(H,20,23)(H,21,25). The van der Waals surface area contributed by atoms with Crippen LogP contribution < -0.4 is 15.4 Å². The number of benzene rings is 1. The van der Waals surface area contributed by atoms with Gasteiger partial charge in [-0.1, -0.05) is 28.8 Å². The summed E-state index contributed by atoms with van der Waals surface area (Å²) in [5.41, 5.74) is 0.702. The summed E-state index contributed by atoms with van der Waals surface area (Å²) in [6.45, 7) is 1.93. The van der Waals surface area contributed by atoms with Crippen LogP contribution in [0.15, 0.2) is 16.6 Å². The molecule has 4 amide bonds. The van der Waals surface area contributed by atoms with Crippen molar-refractivity contribution in [2.75, 3.05) is 19.0 Å². The fourth-order valence-corrected chi connectivity index (χ4v) is 4.20. The van der Waals surface area contributed by atoms with Gasteiger partial charge in [0.1, 0.15) is 11.3 Å². The summed E-state index contributed by atoms with van der Waals surface area (Å²) in [6, 6.07) is 3.24. The minimum atomic E-state index is -0.737. The largest absolute Gasteiger partial charge is 0.495 e. The van der Waals surface area contributed by atoms with E-state index in [4.69, 9.17) is 4.74 Å². The van der Waals surface area contributed by atoms with Crippen LogP contribution in [0.1, 0.15) is 37.7 Å². The lowest BCUT2D eigenvalue weighted by molar-refractivity contribution is -0.131. The summed E-state index contributed by atoms with van der Waals surface area (Å²) in [6.07, 6.45) is 3.25. The molecule has 1 aromatic rings. The predicted octanol–water partition coefficient (Wildman–Crippen LogP) is 2.96. The van der Waals surface area contributed by atoms with Gasteiger partial charge in [0.15, 0.2) is 0 Å². The molecular weight excluding hydrogens is 402 g/mol. The fourth-order valence-electron chi connectivity index (χ4n) is 3.65. The van der Waals surface area contributed by atoms with Crippen LogP contribution in [0.25, 0.3) is 0 Å². The average Bonchev–Trinajstić information content (AvgIpc) is 3.14. The van der Waals surface area contributed by atoms with Gasteiger partial charge in [0.25, 0.3) is 5.91 Å². The lowest BCUT2D eigenvalue weighted by Crippen LogP contribution is -2.44. The first-order chi connectivity index (χ1) is 12.4. The molecule has 26 heavy (non-hydrogen) atoms. The highest BCUT2D eigenvalue weighted by Gasteiger charge is 2.52. The van der Waals surface area contributed by atoms with E-state index in [1.54, 1.807) is 6.07 Å². The molecule has 1 aromatic carbocycles. The average molecular weight is 424 g/mol. The second kappa shape index (κ2) is 7.26. The predicted molar refractivity (Wildman–Crippen MR) is 100 cm³/mol. The Balaban J connectivity index is 1.63. The number of carbonyl (C=O) groups excluding carboxylic acids is 3. The Morgan fingerprint density at radius 3 is 2.69 bits per heavy atom. The molecular formula is C18H22BrN3O4. The number of imide groups is 1. The highest BCUT2D eigenvalue weighted by atomic mass is 79.9. The lowest BCUT2D eigenvalue weighted by Gasteiger charge is -2.20. The molecule has 0 aromatic heterocycles. The van der Waals surface area contributed by atoms with Gasteiger partial charge >= 0.3 is 6.03 Å². The Bertz CT molecular complexity index is 759. The van der Waals surface area contributed by atoms with Crippen molar-refractivity contribution < 1.29 is 19.1 Å². The summed E-state index contributed by atoms with van der Waals surface area (Å²) >= 11 is 3.39. The quantitative estimate of drug-likeness (QED) is 0.712. The van der Waals surface area contributed by atoms with Crippen LogP contribution >= 0.6 is 15.9 Å². The third kappa shape index (κ3) is 3.42. The molecule has 7 nitrogen and oxygen atoms in total. The van der Waals surface area contributed by atoms with E-state index in [0.717, 1.165) is 27.8 Å². The van der Waals surface area contributed by atoms with E-state index in [9.17, 15) is 14.4 Å². The molecule has 2 fully saturated rings. The van der Waals surface area contributed by atoms with Crippen LogP contribution in [0.2, 0.25) is 0 Å². The molecule has 0 unspecified atom stereocenters. The van der Waals surface area contributed by atoms with Crippen LogP contribution in [0, 0.1) is 6.92 Å². The highest BCUT2D eigenvalue weighted by Crippen LogP contribution is 2.35. The van der Waals surface area contributed by atoms with Crippen LogP contribution in [-0.2, 0) is 9.59 Å². The zero-order chi connectivity index (χ0) is 18.9. The Labute approximate surface area is 160 Å². The maximum Gasteiger partial charge on any atom is 0.325 e. The monoisotopic (exact) mass is 423 g/mol. The van der Waals surface area contributed by atoms with Crippen LogP contribution in [-0.4, -0.2) is 41.9 Å². The van der Waals surface area contributed by atoms with Gasteiger partial charge in [-0.2, -0.15) is 0 Å². The molecule has 0 atom stereocenters. The molecule has 140 valence electrons. The molecule has 1 saturated carbocycles. The minimum Gasteiger partial charge on any atom is -0.495 e. The lowest BCUT2D eigenvalue weighted by atomic mass is 9.98. The van der Waals surface area contributed by atoms with Gasteiger partial charge in [-0.05, 0) is 37.5 Å². The second-order valence-electron chi connectivity index (χ2n) is 6.77. The first-order valence-corrected chi connectivity index (χ1v) is 9.44. The number of halogens is 1. The zero-order valence-electron chi connectivity index (χ0n) is 14.9. The van der Waals surface area contributed by atoms with Gasteiger partial charge < -0.3 is 15.4 Å². The molecule has 1 aliphatic heterocycles. The summed E-state index contributed by atoms with van der Waals surface area (Å²) in [7, 11) is 1.53. The number of hydrogen-bond donors (Lipinski definition) is 2.